The summed E-state index contributed by atoms with van der Waals surface area (Å²) in [5.74, 6) is -0.389. The Morgan fingerprint density at radius 3 is 1.56 bits per heavy atom. The molecule has 0 saturated heterocycles. The van der Waals surface area contributed by atoms with E-state index in [1.165, 1.54) is 6.08 Å². The molecule has 0 atom stereocenters. The van der Waals surface area contributed by atoms with Crippen LogP contribution in [-0.2, 0) is 22.2 Å². The zero-order valence-corrected chi connectivity index (χ0v) is 21.7. The van der Waals surface area contributed by atoms with Crippen molar-refractivity contribution in [3.63, 3.8) is 0 Å². The third-order valence-corrected chi connectivity index (χ3v) is 21.2. The van der Waals surface area contributed by atoms with Crippen LogP contribution in [0.4, 0.5) is 0 Å². The molecule has 0 aromatic rings. The smallest absolute Gasteiger partial charge is 0.463 e. The lowest BCUT2D eigenvalue weighted by atomic mass is 10.5. The highest BCUT2D eigenvalue weighted by molar-refractivity contribution is 6.87. The van der Waals surface area contributed by atoms with Crippen molar-refractivity contribution in [3.05, 3.63) is 12.7 Å². The number of esters is 1. The lowest BCUT2D eigenvalue weighted by Gasteiger charge is -2.44. The van der Waals surface area contributed by atoms with Crippen LogP contribution in [0, 0.1) is 0 Å². The number of hydrogen-bond acceptors (Lipinski definition) is 5. The van der Waals surface area contributed by atoms with Gasteiger partial charge in [0.05, 0.1) is 6.61 Å². The Morgan fingerprint density at radius 1 is 0.852 bits per heavy atom. The fourth-order valence-electron chi connectivity index (χ4n) is 3.42. The molecule has 160 valence electrons. The van der Waals surface area contributed by atoms with Crippen molar-refractivity contribution >= 4 is 31.4 Å². The molecule has 5 nitrogen and oxygen atoms in total. The molecule has 0 aliphatic heterocycles. The van der Waals surface area contributed by atoms with E-state index in [4.69, 9.17) is 17.4 Å². The monoisotopic (exact) mass is 434 g/mol. The minimum absolute atomic E-state index is 0.341. The Hall–Kier alpha value is -0.259. The summed E-state index contributed by atoms with van der Waals surface area (Å²) in [6.45, 7) is 17.1. The van der Waals surface area contributed by atoms with Crippen LogP contribution in [0.3, 0.4) is 0 Å². The normalized spacial score (nSPS) is 12.9. The first-order valence-electron chi connectivity index (χ1n) is 10.5. The van der Waals surface area contributed by atoms with Gasteiger partial charge in [0.1, 0.15) is 0 Å². The predicted molar refractivity (Wildman–Crippen MR) is 120 cm³/mol. The maximum atomic E-state index is 11.3. The standard InChI is InChI=1S/C19H42O5Si3/c1-9-19(20)22-17-16-18-27(21-8,23-25(10-2,11-3)12-4)24-26(13-5,14-6)15-7/h9H,1,10-18H2,2-8H3. The van der Waals surface area contributed by atoms with E-state index in [1.54, 1.807) is 7.11 Å². The van der Waals surface area contributed by atoms with Crippen molar-refractivity contribution in [2.45, 2.75) is 90.3 Å². The number of ether oxygens (including phenoxy) is 1. The van der Waals surface area contributed by atoms with Gasteiger partial charge >= 0.3 is 14.8 Å². The fraction of sp³-hybridized carbons (Fsp3) is 0.842. The minimum atomic E-state index is -2.84. The first-order chi connectivity index (χ1) is 12.8. The van der Waals surface area contributed by atoms with Gasteiger partial charge in [-0.15, -0.1) is 0 Å². The van der Waals surface area contributed by atoms with E-state index >= 15 is 0 Å². The van der Waals surface area contributed by atoms with Gasteiger partial charge in [-0.05, 0) is 42.7 Å². The zero-order valence-electron chi connectivity index (χ0n) is 18.7. The van der Waals surface area contributed by atoms with Crippen LogP contribution in [0.15, 0.2) is 12.7 Å². The first kappa shape index (κ1) is 26.7. The molecular weight excluding hydrogens is 392 g/mol. The molecular formula is C19H42O5Si3. The van der Waals surface area contributed by atoms with Gasteiger partial charge in [0.15, 0.2) is 16.6 Å². The van der Waals surface area contributed by atoms with Crippen LogP contribution in [0.25, 0.3) is 0 Å². The van der Waals surface area contributed by atoms with Crippen molar-refractivity contribution in [1.82, 2.24) is 0 Å². The molecule has 0 aromatic heterocycles. The number of carbonyl (C=O) groups is 1. The lowest BCUT2D eigenvalue weighted by Crippen LogP contribution is -2.60. The van der Waals surface area contributed by atoms with E-state index in [2.05, 4.69) is 48.1 Å². The van der Waals surface area contributed by atoms with Gasteiger partial charge in [-0.2, -0.15) is 0 Å². The van der Waals surface area contributed by atoms with E-state index < -0.39 is 25.4 Å². The molecule has 0 N–H and O–H groups in total. The molecule has 0 aromatic carbocycles. The summed E-state index contributed by atoms with van der Waals surface area (Å²) in [5, 5.41) is 0. The largest absolute Gasteiger partial charge is 0.479 e. The molecule has 0 unspecified atom stereocenters. The highest BCUT2D eigenvalue weighted by Gasteiger charge is 2.51. The van der Waals surface area contributed by atoms with E-state index in [9.17, 15) is 4.79 Å². The van der Waals surface area contributed by atoms with Crippen LogP contribution in [0.1, 0.15) is 48.0 Å². The molecule has 0 aliphatic rings. The highest BCUT2D eigenvalue weighted by Crippen LogP contribution is 2.34. The molecule has 0 radical (unpaired) electrons. The quantitative estimate of drug-likeness (QED) is 0.134. The molecule has 0 spiro atoms. The second-order valence-electron chi connectivity index (χ2n) is 7.05. The molecule has 0 fully saturated rings. The van der Waals surface area contributed by atoms with E-state index in [1.807, 2.05) is 0 Å². The van der Waals surface area contributed by atoms with Gasteiger partial charge in [0.25, 0.3) is 0 Å². The number of carbonyl (C=O) groups excluding carboxylic acids is 1. The fourth-order valence-corrected chi connectivity index (χ4v) is 18.0. The van der Waals surface area contributed by atoms with Gasteiger partial charge in [-0.3, -0.25) is 0 Å². The summed E-state index contributed by atoms with van der Waals surface area (Å²) >= 11 is 0. The summed E-state index contributed by atoms with van der Waals surface area (Å²) in [4.78, 5) is 11.3. The predicted octanol–water partition coefficient (Wildman–Crippen LogP) is 5.73. The van der Waals surface area contributed by atoms with Crippen LogP contribution >= 0.6 is 0 Å². The van der Waals surface area contributed by atoms with Crippen LogP contribution in [0.5, 0.6) is 0 Å². The molecule has 0 amide bonds. The minimum Gasteiger partial charge on any atom is -0.463 e. The average molecular weight is 435 g/mol. The van der Waals surface area contributed by atoms with E-state index in [0.717, 1.165) is 36.3 Å². The topological polar surface area (TPSA) is 54.0 Å². The molecule has 0 bridgehead atoms. The number of hydrogen-bond donors (Lipinski definition) is 0. The third kappa shape index (κ3) is 7.94. The summed E-state index contributed by atoms with van der Waals surface area (Å²) in [6.07, 6.45) is 1.88. The summed E-state index contributed by atoms with van der Waals surface area (Å²) < 4.78 is 25.1. The van der Waals surface area contributed by atoms with Crippen molar-refractivity contribution in [1.29, 1.82) is 0 Å². The van der Waals surface area contributed by atoms with Crippen molar-refractivity contribution < 1.29 is 22.2 Å². The third-order valence-electron chi connectivity index (χ3n) is 5.96. The Labute approximate surface area is 170 Å². The Morgan fingerprint density at radius 2 is 1.26 bits per heavy atom. The second-order valence-corrected chi connectivity index (χ2v) is 19.9. The maximum Gasteiger partial charge on any atom is 0.479 e. The van der Waals surface area contributed by atoms with E-state index in [-0.39, 0.29) is 5.97 Å². The average Bonchev–Trinajstić information content (AvgIpc) is 2.73. The van der Waals surface area contributed by atoms with Crippen LogP contribution < -0.4 is 0 Å². The Kier molecular flexibility index (Phi) is 12.9. The van der Waals surface area contributed by atoms with Crippen LogP contribution in [-0.4, -0.2) is 45.1 Å². The summed E-state index contributed by atoms with van der Waals surface area (Å²) in [6, 6.07) is 7.06. The second kappa shape index (κ2) is 13.1. The molecule has 0 saturated carbocycles. The van der Waals surface area contributed by atoms with Gasteiger partial charge in [0.2, 0.25) is 0 Å². The van der Waals surface area contributed by atoms with Gasteiger partial charge in [-0.1, -0.05) is 48.1 Å². The molecule has 27 heavy (non-hydrogen) atoms. The molecule has 0 aliphatic carbocycles. The van der Waals surface area contributed by atoms with Gasteiger partial charge < -0.3 is 17.4 Å². The van der Waals surface area contributed by atoms with Gasteiger partial charge in [-0.25, -0.2) is 4.79 Å². The lowest BCUT2D eigenvalue weighted by molar-refractivity contribution is -0.137. The first-order valence-corrected chi connectivity index (χ1v) is 17.5. The molecule has 8 heteroatoms. The highest BCUT2D eigenvalue weighted by atomic mass is 28.5. The SMILES string of the molecule is C=CC(=O)OCCC[Si](OC)(O[Si](CC)(CC)CC)O[Si](CC)(CC)CC. The number of rotatable bonds is 16. The zero-order chi connectivity index (χ0) is 21.0. The Balaban J connectivity index is 5.59. The van der Waals surface area contributed by atoms with Gasteiger partial charge in [0, 0.05) is 19.2 Å². The van der Waals surface area contributed by atoms with Crippen molar-refractivity contribution in [3.8, 4) is 0 Å². The van der Waals surface area contributed by atoms with Crippen molar-refractivity contribution in [2.24, 2.45) is 0 Å². The van der Waals surface area contributed by atoms with E-state index in [0.29, 0.717) is 19.1 Å². The molecule has 0 heterocycles. The van der Waals surface area contributed by atoms with Crippen LogP contribution in [0.2, 0.25) is 42.3 Å². The summed E-state index contributed by atoms with van der Waals surface area (Å²) in [5.41, 5.74) is 0. The summed E-state index contributed by atoms with van der Waals surface area (Å²) in [7, 11) is -4.89. The maximum absolute atomic E-state index is 11.3. The molecule has 0 rings (SSSR count). The Bertz CT molecular complexity index is 399. The van der Waals surface area contributed by atoms with Crippen molar-refractivity contribution in [2.75, 3.05) is 13.7 Å².